The van der Waals surface area contributed by atoms with Gasteiger partial charge in [-0.2, -0.15) is 0 Å². The van der Waals surface area contributed by atoms with Crippen LogP contribution in [0.3, 0.4) is 0 Å². The number of fused-ring (bicyclic) bond motifs is 1. The van der Waals surface area contributed by atoms with Gasteiger partial charge in [-0.05, 0) is 80.2 Å². The summed E-state index contributed by atoms with van der Waals surface area (Å²) in [5, 5.41) is 0. The van der Waals surface area contributed by atoms with Crippen molar-refractivity contribution in [2.75, 3.05) is 38.2 Å². The molecule has 6 nitrogen and oxygen atoms in total. The summed E-state index contributed by atoms with van der Waals surface area (Å²) in [6.45, 7) is 2.22. The molecule has 37 heavy (non-hydrogen) atoms. The highest BCUT2D eigenvalue weighted by atomic mass is 19.1. The van der Waals surface area contributed by atoms with Gasteiger partial charge in [0.1, 0.15) is 6.10 Å². The molecule has 1 fully saturated rings. The van der Waals surface area contributed by atoms with Crippen LogP contribution < -0.4 is 9.64 Å². The third-order valence-electron chi connectivity index (χ3n) is 8.01. The lowest BCUT2D eigenvalue weighted by Crippen LogP contribution is -2.41. The Hall–Kier alpha value is -3.19. The van der Waals surface area contributed by atoms with Crippen molar-refractivity contribution < 1.29 is 23.5 Å². The number of likely N-dealkylation sites (tertiary alicyclic amines) is 1. The normalized spacial score (nSPS) is 22.4. The molecular weight excluding hydrogens is 471 g/mol. The molecule has 7 heteroatoms. The molecule has 5 rings (SSSR count). The van der Waals surface area contributed by atoms with Crippen LogP contribution in [0, 0.1) is 11.2 Å². The van der Waals surface area contributed by atoms with Crippen molar-refractivity contribution in [1.82, 2.24) is 4.90 Å². The highest BCUT2D eigenvalue weighted by Crippen LogP contribution is 2.43. The molecule has 2 aliphatic heterocycles. The van der Waals surface area contributed by atoms with Gasteiger partial charge in [0.2, 0.25) is 0 Å². The van der Waals surface area contributed by atoms with Gasteiger partial charge in [0.05, 0.1) is 13.7 Å². The Labute approximate surface area is 218 Å². The van der Waals surface area contributed by atoms with E-state index in [-0.39, 0.29) is 35.7 Å². The van der Waals surface area contributed by atoms with E-state index in [9.17, 15) is 9.59 Å². The maximum absolute atomic E-state index is 15.1. The number of nitrogens with zero attached hydrogens (tertiary/aromatic N) is 2. The minimum absolute atomic E-state index is 0.0821. The van der Waals surface area contributed by atoms with Crippen LogP contribution in [0.4, 0.5) is 10.1 Å². The number of hydrogen-bond donors (Lipinski definition) is 0. The lowest BCUT2D eigenvalue weighted by Gasteiger charge is -2.32. The SMILES string of the molecule is COC(=O)CN1CCC(Oc2ccc(C(=O)N3CCC4(C=CCCC4)Cc4ccccc43)cc2F)CC1. The number of methoxy groups -OCH3 is 1. The van der Waals surface area contributed by atoms with E-state index in [1.165, 1.54) is 25.2 Å². The van der Waals surface area contributed by atoms with Crippen LogP contribution in [0.25, 0.3) is 0 Å². The van der Waals surface area contributed by atoms with Crippen LogP contribution in [0.2, 0.25) is 0 Å². The van der Waals surface area contributed by atoms with Gasteiger partial charge >= 0.3 is 5.97 Å². The molecule has 1 saturated heterocycles. The van der Waals surface area contributed by atoms with Crippen LogP contribution in [0.5, 0.6) is 5.75 Å². The first-order chi connectivity index (χ1) is 18.0. The number of allylic oxidation sites excluding steroid dienone is 2. The lowest BCUT2D eigenvalue weighted by molar-refractivity contribution is -0.142. The molecule has 1 aliphatic carbocycles. The van der Waals surface area contributed by atoms with Crippen LogP contribution in [-0.4, -0.2) is 56.2 Å². The first-order valence-corrected chi connectivity index (χ1v) is 13.3. The molecule has 0 saturated carbocycles. The fourth-order valence-corrected chi connectivity index (χ4v) is 5.90. The Bertz CT molecular complexity index is 1170. The second-order valence-corrected chi connectivity index (χ2v) is 10.5. The second-order valence-electron chi connectivity index (χ2n) is 10.5. The van der Waals surface area contributed by atoms with E-state index in [1.54, 1.807) is 12.1 Å². The van der Waals surface area contributed by atoms with Gasteiger partial charge < -0.3 is 14.4 Å². The van der Waals surface area contributed by atoms with Gasteiger partial charge in [-0.3, -0.25) is 14.5 Å². The summed E-state index contributed by atoms with van der Waals surface area (Å²) in [4.78, 5) is 29.0. The molecule has 0 bridgehead atoms. The Morgan fingerprint density at radius 3 is 2.62 bits per heavy atom. The van der Waals surface area contributed by atoms with Crippen molar-refractivity contribution in [1.29, 1.82) is 0 Å². The second kappa shape index (κ2) is 11.1. The number of amides is 1. The number of hydrogen-bond acceptors (Lipinski definition) is 5. The molecule has 0 radical (unpaired) electrons. The maximum atomic E-state index is 15.1. The van der Waals surface area contributed by atoms with E-state index in [2.05, 4.69) is 18.2 Å². The van der Waals surface area contributed by atoms with Crippen LogP contribution in [0.1, 0.15) is 54.4 Å². The van der Waals surface area contributed by atoms with Gasteiger partial charge in [-0.25, -0.2) is 4.39 Å². The molecule has 2 heterocycles. The summed E-state index contributed by atoms with van der Waals surface area (Å²) in [7, 11) is 1.38. The molecule has 1 spiro atoms. The zero-order valence-electron chi connectivity index (χ0n) is 21.5. The molecule has 1 atom stereocenters. The van der Waals surface area contributed by atoms with Crippen molar-refractivity contribution in [2.24, 2.45) is 5.41 Å². The Morgan fingerprint density at radius 2 is 1.89 bits per heavy atom. The van der Waals surface area contributed by atoms with E-state index >= 15 is 4.39 Å². The summed E-state index contributed by atoms with van der Waals surface area (Å²) in [6.07, 6.45) is 11.1. The summed E-state index contributed by atoms with van der Waals surface area (Å²) >= 11 is 0. The number of ether oxygens (including phenoxy) is 2. The number of anilines is 1. The Balaban J connectivity index is 1.28. The summed E-state index contributed by atoms with van der Waals surface area (Å²) in [5.41, 5.74) is 2.49. The number of rotatable bonds is 5. The molecular formula is C30H35FN2O4. The highest BCUT2D eigenvalue weighted by Gasteiger charge is 2.35. The number of halogens is 1. The molecule has 2 aromatic carbocycles. The maximum Gasteiger partial charge on any atom is 0.319 e. The van der Waals surface area contributed by atoms with Crippen LogP contribution in [0.15, 0.2) is 54.6 Å². The van der Waals surface area contributed by atoms with E-state index in [4.69, 9.17) is 9.47 Å². The number of esters is 1. The van der Waals surface area contributed by atoms with E-state index in [1.807, 2.05) is 28.0 Å². The average molecular weight is 507 g/mol. The summed E-state index contributed by atoms with van der Waals surface area (Å²) in [6, 6.07) is 12.6. The quantitative estimate of drug-likeness (QED) is 0.414. The van der Waals surface area contributed by atoms with Crippen molar-refractivity contribution >= 4 is 17.6 Å². The number of para-hydroxylation sites is 1. The standard InChI is InChI=1S/C30H35FN2O4/c1-36-28(34)21-32-16-11-24(12-17-32)37-27-10-9-22(19-25(27)31)29(35)33-18-15-30(13-5-2-6-14-30)20-23-7-3-4-8-26(23)33/h3-5,7-10,13,19,24H,2,6,11-12,14-18,20-21H2,1H3. The van der Waals surface area contributed by atoms with Gasteiger partial charge in [0.15, 0.2) is 11.6 Å². The predicted octanol–water partition coefficient (Wildman–Crippen LogP) is 5.16. The van der Waals surface area contributed by atoms with E-state index in [0.717, 1.165) is 31.4 Å². The van der Waals surface area contributed by atoms with Gasteiger partial charge in [-0.15, -0.1) is 0 Å². The fraction of sp³-hybridized carbons (Fsp3) is 0.467. The topological polar surface area (TPSA) is 59.1 Å². The smallest absolute Gasteiger partial charge is 0.319 e. The first-order valence-electron chi connectivity index (χ1n) is 13.3. The minimum Gasteiger partial charge on any atom is -0.487 e. The fourth-order valence-electron chi connectivity index (χ4n) is 5.90. The summed E-state index contributed by atoms with van der Waals surface area (Å²) < 4.78 is 25.8. The van der Waals surface area contributed by atoms with Crippen molar-refractivity contribution in [2.45, 2.75) is 51.0 Å². The number of piperidine rings is 1. The lowest BCUT2D eigenvalue weighted by atomic mass is 9.72. The van der Waals surface area contributed by atoms with Crippen molar-refractivity contribution in [3.05, 3.63) is 71.6 Å². The molecule has 2 aromatic rings. The monoisotopic (exact) mass is 506 g/mol. The molecule has 0 N–H and O–H groups in total. The molecule has 196 valence electrons. The van der Waals surface area contributed by atoms with E-state index in [0.29, 0.717) is 38.0 Å². The third kappa shape index (κ3) is 5.72. The predicted molar refractivity (Wildman–Crippen MR) is 140 cm³/mol. The Morgan fingerprint density at radius 1 is 1.08 bits per heavy atom. The zero-order chi connectivity index (χ0) is 25.8. The minimum atomic E-state index is -0.530. The van der Waals surface area contributed by atoms with Gasteiger partial charge in [-0.1, -0.05) is 30.4 Å². The summed E-state index contributed by atoms with van der Waals surface area (Å²) in [5.74, 6) is -0.822. The largest absolute Gasteiger partial charge is 0.487 e. The Kier molecular flexibility index (Phi) is 7.60. The molecule has 1 unspecified atom stereocenters. The van der Waals surface area contributed by atoms with Gasteiger partial charge in [0.25, 0.3) is 5.91 Å². The number of benzene rings is 2. The molecule has 0 aromatic heterocycles. The molecule has 1 amide bonds. The van der Waals surface area contributed by atoms with Crippen molar-refractivity contribution in [3.63, 3.8) is 0 Å². The average Bonchev–Trinajstić information content (AvgIpc) is 3.07. The first kappa shape index (κ1) is 25.5. The molecule has 3 aliphatic rings. The van der Waals surface area contributed by atoms with Crippen LogP contribution >= 0.6 is 0 Å². The number of carbonyl (C=O) groups is 2. The van der Waals surface area contributed by atoms with Gasteiger partial charge in [0, 0.05) is 30.9 Å². The van der Waals surface area contributed by atoms with Crippen molar-refractivity contribution in [3.8, 4) is 5.75 Å². The van der Waals surface area contributed by atoms with Crippen LogP contribution in [-0.2, 0) is 16.0 Å². The number of carbonyl (C=O) groups excluding carboxylic acids is 2. The van der Waals surface area contributed by atoms with E-state index < -0.39 is 5.82 Å². The zero-order valence-corrected chi connectivity index (χ0v) is 21.5. The highest BCUT2D eigenvalue weighted by molar-refractivity contribution is 6.06. The third-order valence-corrected chi connectivity index (χ3v) is 8.01.